The third-order valence-corrected chi connectivity index (χ3v) is 2.96. The van der Waals surface area contributed by atoms with Crippen LogP contribution in [0.3, 0.4) is 0 Å². The molecule has 0 bridgehead atoms. The molecule has 4 heteroatoms. The van der Waals surface area contributed by atoms with Crippen LogP contribution in [0.4, 0.5) is 4.39 Å². The van der Waals surface area contributed by atoms with Crippen molar-refractivity contribution in [3.63, 3.8) is 0 Å². The lowest BCUT2D eigenvalue weighted by Gasteiger charge is -2.02. The third-order valence-electron chi connectivity index (χ3n) is 2.96. The Hall–Kier alpha value is -2.75. The number of carbonyl (C=O) groups is 1. The zero-order chi connectivity index (χ0) is 15.4. The van der Waals surface area contributed by atoms with Crippen LogP contribution in [0.15, 0.2) is 71.4 Å². The number of hydrogen-bond donors (Lipinski definition) is 0. The van der Waals surface area contributed by atoms with Crippen LogP contribution in [0.5, 0.6) is 0 Å². The molecule has 0 atom stereocenters. The first-order valence-corrected chi connectivity index (χ1v) is 6.29. The monoisotopic (exact) mass is 283 g/mol. The quantitative estimate of drug-likeness (QED) is 0.479. The maximum atomic E-state index is 12.9. The normalized spacial score (nSPS) is 17.1. The average Bonchev–Trinajstić information content (AvgIpc) is 2.83. The largest absolute Gasteiger partial charge is 0.402 e. The van der Waals surface area contributed by atoms with Gasteiger partial charge in [-0.1, -0.05) is 37.4 Å². The van der Waals surface area contributed by atoms with Crippen LogP contribution in [0, 0.1) is 5.82 Å². The van der Waals surface area contributed by atoms with Gasteiger partial charge in [-0.05, 0) is 36.3 Å². The summed E-state index contributed by atoms with van der Waals surface area (Å²) < 4.78 is 18.0. The van der Waals surface area contributed by atoms with Gasteiger partial charge < -0.3 is 4.74 Å². The molecule has 106 valence electrons. The van der Waals surface area contributed by atoms with Crippen LogP contribution in [0.25, 0.3) is 6.08 Å². The topological polar surface area (TPSA) is 38.7 Å². The van der Waals surface area contributed by atoms with Crippen LogP contribution < -0.4 is 0 Å². The molecular formula is C17H14FNO2. The fourth-order valence-electron chi connectivity index (χ4n) is 1.77. The molecule has 0 amide bonds. The summed E-state index contributed by atoms with van der Waals surface area (Å²) in [6.45, 7) is 9.16. The molecule has 1 aromatic carbocycles. The van der Waals surface area contributed by atoms with Gasteiger partial charge in [-0.3, -0.25) is 0 Å². The zero-order valence-electron chi connectivity index (χ0n) is 11.6. The average molecular weight is 283 g/mol. The Morgan fingerprint density at radius 1 is 1.24 bits per heavy atom. The van der Waals surface area contributed by atoms with E-state index >= 15 is 0 Å². The fourth-order valence-corrected chi connectivity index (χ4v) is 1.77. The van der Waals surface area contributed by atoms with Gasteiger partial charge in [0, 0.05) is 5.57 Å². The van der Waals surface area contributed by atoms with E-state index < -0.39 is 5.97 Å². The molecular weight excluding hydrogens is 269 g/mol. The van der Waals surface area contributed by atoms with Gasteiger partial charge in [0.05, 0.1) is 0 Å². The van der Waals surface area contributed by atoms with Crippen molar-refractivity contribution in [3.8, 4) is 0 Å². The lowest BCUT2D eigenvalue weighted by molar-refractivity contribution is -0.129. The molecule has 0 fully saturated rings. The smallest absolute Gasteiger partial charge is 0.363 e. The summed E-state index contributed by atoms with van der Waals surface area (Å²) in [5, 5.41) is 0. The second-order valence-corrected chi connectivity index (χ2v) is 4.39. The Balaban J connectivity index is 2.38. The number of cyclic esters (lactones) is 1. The number of halogens is 1. The van der Waals surface area contributed by atoms with Gasteiger partial charge in [0.25, 0.3) is 0 Å². The van der Waals surface area contributed by atoms with E-state index in [2.05, 4.69) is 18.2 Å². The molecule has 0 saturated carbocycles. The summed E-state index contributed by atoms with van der Waals surface area (Å²) in [5.74, 6) is -0.694. The molecule has 0 saturated heterocycles. The fraction of sp³-hybridized carbons (Fsp3) is 0.0588. The van der Waals surface area contributed by atoms with Crippen LogP contribution in [0.2, 0.25) is 0 Å². The molecule has 0 spiro atoms. The minimum Gasteiger partial charge on any atom is -0.402 e. The number of carbonyl (C=O) groups excluding carboxylic acids is 1. The van der Waals surface area contributed by atoms with Crippen LogP contribution in [-0.2, 0) is 9.53 Å². The van der Waals surface area contributed by atoms with E-state index in [1.807, 2.05) is 6.92 Å². The Morgan fingerprint density at radius 3 is 2.48 bits per heavy atom. The molecule has 1 aliphatic rings. The van der Waals surface area contributed by atoms with Gasteiger partial charge >= 0.3 is 5.97 Å². The minimum atomic E-state index is -0.550. The molecule has 2 rings (SSSR count). The Labute approximate surface area is 122 Å². The zero-order valence-corrected chi connectivity index (χ0v) is 11.6. The van der Waals surface area contributed by atoms with Crippen LogP contribution in [0.1, 0.15) is 12.5 Å². The second-order valence-electron chi connectivity index (χ2n) is 4.39. The van der Waals surface area contributed by atoms with Crippen molar-refractivity contribution in [1.82, 2.24) is 0 Å². The Kier molecular flexibility index (Phi) is 4.28. The molecule has 1 heterocycles. The summed E-state index contributed by atoms with van der Waals surface area (Å²) in [7, 11) is 0. The molecule has 0 radical (unpaired) electrons. The van der Waals surface area contributed by atoms with Gasteiger partial charge in [0.2, 0.25) is 5.90 Å². The molecule has 0 N–H and O–H groups in total. The van der Waals surface area contributed by atoms with Gasteiger partial charge in [0.1, 0.15) is 5.82 Å². The van der Waals surface area contributed by atoms with Crippen LogP contribution in [-0.4, -0.2) is 11.9 Å². The predicted octanol–water partition coefficient (Wildman–Crippen LogP) is 3.81. The highest BCUT2D eigenvalue weighted by atomic mass is 19.1. The third kappa shape index (κ3) is 3.23. The summed E-state index contributed by atoms with van der Waals surface area (Å²) in [5.41, 5.74) is 2.24. The van der Waals surface area contributed by atoms with Gasteiger partial charge in [0.15, 0.2) is 5.70 Å². The van der Waals surface area contributed by atoms with E-state index in [0.29, 0.717) is 11.1 Å². The number of allylic oxidation sites excluding steroid dienone is 2. The van der Waals surface area contributed by atoms with Gasteiger partial charge in [-0.2, -0.15) is 0 Å². The van der Waals surface area contributed by atoms with Crippen molar-refractivity contribution in [2.75, 3.05) is 0 Å². The summed E-state index contributed by atoms with van der Waals surface area (Å²) in [6, 6.07) is 5.74. The molecule has 1 aliphatic heterocycles. The predicted molar refractivity (Wildman–Crippen MR) is 81.0 cm³/mol. The molecule has 21 heavy (non-hydrogen) atoms. The van der Waals surface area contributed by atoms with E-state index in [9.17, 15) is 9.18 Å². The van der Waals surface area contributed by atoms with Crippen molar-refractivity contribution in [2.24, 2.45) is 4.99 Å². The molecule has 0 unspecified atom stereocenters. The number of hydrogen-bond acceptors (Lipinski definition) is 3. The number of aliphatic imine (C=N–C) groups is 1. The maximum absolute atomic E-state index is 12.9. The van der Waals surface area contributed by atoms with Crippen LogP contribution >= 0.6 is 0 Å². The summed E-state index contributed by atoms with van der Waals surface area (Å²) >= 11 is 0. The highest BCUT2D eigenvalue weighted by molar-refractivity contribution is 6.14. The van der Waals surface area contributed by atoms with Gasteiger partial charge in [-0.15, -0.1) is 0 Å². The first-order valence-electron chi connectivity index (χ1n) is 6.29. The number of nitrogens with zero attached hydrogens (tertiary/aromatic N) is 1. The highest BCUT2D eigenvalue weighted by Gasteiger charge is 2.25. The van der Waals surface area contributed by atoms with E-state index in [4.69, 9.17) is 4.74 Å². The number of esters is 1. The van der Waals surface area contributed by atoms with E-state index in [1.165, 1.54) is 12.1 Å². The lowest BCUT2D eigenvalue weighted by atomic mass is 10.1. The van der Waals surface area contributed by atoms with Crippen molar-refractivity contribution in [2.45, 2.75) is 6.92 Å². The Bertz CT molecular complexity index is 694. The Morgan fingerprint density at radius 2 is 1.90 bits per heavy atom. The lowest BCUT2D eigenvalue weighted by Crippen LogP contribution is -2.06. The molecule has 0 aliphatic carbocycles. The number of benzene rings is 1. The van der Waals surface area contributed by atoms with Crippen molar-refractivity contribution in [3.05, 3.63) is 77.8 Å². The first kappa shape index (κ1) is 14.7. The van der Waals surface area contributed by atoms with E-state index in [1.54, 1.807) is 30.4 Å². The molecule has 1 aromatic rings. The second kappa shape index (κ2) is 6.13. The molecule has 3 nitrogen and oxygen atoms in total. The standard InChI is InChI=1S/C17H14FNO2/c1-4-11(3)14(5-2)16-19-15(17(20)21-16)10-12-6-8-13(18)9-7-12/h4-10H,1-2H2,3H3/b14-11+,15-10-. The summed E-state index contributed by atoms with van der Waals surface area (Å²) in [6.07, 6.45) is 4.73. The SMILES string of the molecule is C=C/C(C)=C(\C=C)C1=N/C(=C\c2ccc(F)cc2)C(=O)O1. The minimum absolute atomic E-state index is 0.160. The first-order chi connectivity index (χ1) is 10.0. The van der Waals surface area contributed by atoms with Crippen molar-refractivity contribution in [1.29, 1.82) is 0 Å². The van der Waals surface area contributed by atoms with E-state index in [0.717, 1.165) is 5.57 Å². The number of rotatable bonds is 4. The maximum Gasteiger partial charge on any atom is 0.363 e. The number of ether oxygens (including phenoxy) is 1. The highest BCUT2D eigenvalue weighted by Crippen LogP contribution is 2.21. The van der Waals surface area contributed by atoms with Crippen molar-refractivity contribution < 1.29 is 13.9 Å². The molecule has 0 aromatic heterocycles. The summed E-state index contributed by atoms with van der Waals surface area (Å²) in [4.78, 5) is 16.0. The van der Waals surface area contributed by atoms with E-state index in [-0.39, 0.29) is 17.4 Å². The van der Waals surface area contributed by atoms with Gasteiger partial charge in [-0.25, -0.2) is 14.2 Å². The van der Waals surface area contributed by atoms with Crippen molar-refractivity contribution >= 4 is 17.9 Å².